The van der Waals surface area contributed by atoms with Crippen LogP contribution < -0.4 is 0 Å². The van der Waals surface area contributed by atoms with Gasteiger partial charge in [-0.15, -0.1) is 0 Å². The fourth-order valence-electron chi connectivity index (χ4n) is 4.04. The molecule has 0 aromatic heterocycles. The van der Waals surface area contributed by atoms with Gasteiger partial charge in [0.15, 0.2) is 0 Å². The summed E-state index contributed by atoms with van der Waals surface area (Å²) in [5.41, 5.74) is -0.0437. The maximum atomic E-state index is 13.7. The zero-order valence-electron chi connectivity index (χ0n) is 16.4. The summed E-state index contributed by atoms with van der Waals surface area (Å²) in [6.07, 6.45) is 1.06. The highest BCUT2D eigenvalue weighted by atomic mass is 79.9. The van der Waals surface area contributed by atoms with Crippen LogP contribution in [0.4, 0.5) is 4.39 Å². The lowest BCUT2D eigenvalue weighted by molar-refractivity contribution is -0.153. The van der Waals surface area contributed by atoms with Gasteiger partial charge in [0.2, 0.25) is 0 Å². The van der Waals surface area contributed by atoms with Gasteiger partial charge < -0.3 is 5.11 Å². The molecule has 146 valence electrons. The number of nitrogens with zero attached hydrogens (tertiary/aromatic N) is 2. The number of carboxylic acids is 1. The first-order chi connectivity index (χ1) is 12.4. The topological polar surface area (TPSA) is 73.4 Å². The highest BCUT2D eigenvalue weighted by molar-refractivity contribution is 9.10. The third-order valence-electron chi connectivity index (χ3n) is 5.60. The number of aliphatic imine (C=N–C) groups is 1. The Hall–Kier alpha value is -1.74. The van der Waals surface area contributed by atoms with Gasteiger partial charge >= 0.3 is 5.97 Å². The zero-order valence-corrected chi connectivity index (χ0v) is 18.0. The Balaban J connectivity index is 2.74. The Morgan fingerprint density at radius 3 is 2.56 bits per heavy atom. The number of carbonyl (C=O) groups is 1. The monoisotopic (exact) mass is 436 g/mol. The smallest absolute Gasteiger partial charge is 0.312 e. The van der Waals surface area contributed by atoms with E-state index in [0.29, 0.717) is 28.6 Å². The first-order valence-corrected chi connectivity index (χ1v) is 9.85. The number of carboxylic acid groups (broad SMARTS) is 1. The molecule has 0 fully saturated rings. The highest BCUT2D eigenvalue weighted by Gasteiger charge is 2.57. The predicted octanol–water partition coefficient (Wildman–Crippen LogP) is 5.57. The van der Waals surface area contributed by atoms with Crippen molar-refractivity contribution in [1.29, 1.82) is 5.26 Å². The quantitative estimate of drug-likeness (QED) is 0.669. The molecule has 1 aromatic rings. The molecule has 1 aliphatic rings. The molecule has 1 aliphatic heterocycles. The lowest BCUT2D eigenvalue weighted by Crippen LogP contribution is -2.52. The molecule has 0 saturated heterocycles. The minimum absolute atomic E-state index is 0.0644. The van der Waals surface area contributed by atoms with Gasteiger partial charge in [-0.2, -0.15) is 5.26 Å². The van der Waals surface area contributed by atoms with Crippen molar-refractivity contribution in [1.82, 2.24) is 0 Å². The second-order valence-electron chi connectivity index (χ2n) is 8.60. The normalized spacial score (nSPS) is 28.4. The second kappa shape index (κ2) is 7.71. The van der Waals surface area contributed by atoms with E-state index in [4.69, 9.17) is 0 Å². The fraction of sp³-hybridized carbons (Fsp3) is 0.571. The van der Waals surface area contributed by atoms with Crippen LogP contribution in [-0.2, 0) is 4.79 Å². The number of benzene rings is 1. The van der Waals surface area contributed by atoms with Crippen molar-refractivity contribution < 1.29 is 14.3 Å². The van der Waals surface area contributed by atoms with Gasteiger partial charge in [-0.05, 0) is 49.8 Å². The third kappa shape index (κ3) is 4.08. The van der Waals surface area contributed by atoms with Crippen molar-refractivity contribution in [2.75, 3.05) is 0 Å². The van der Waals surface area contributed by atoms with Gasteiger partial charge in [0.1, 0.15) is 5.82 Å². The third-order valence-corrected chi connectivity index (χ3v) is 6.29. The highest BCUT2D eigenvalue weighted by Crippen LogP contribution is 2.54. The molecule has 0 aliphatic carbocycles. The summed E-state index contributed by atoms with van der Waals surface area (Å²) in [7, 11) is 0. The first-order valence-electron chi connectivity index (χ1n) is 9.06. The van der Waals surface area contributed by atoms with Crippen LogP contribution in [-0.4, -0.2) is 22.8 Å². The van der Waals surface area contributed by atoms with E-state index >= 15 is 0 Å². The zero-order chi connectivity index (χ0) is 20.6. The van der Waals surface area contributed by atoms with E-state index < -0.39 is 35.1 Å². The van der Waals surface area contributed by atoms with Gasteiger partial charge in [0.05, 0.1) is 23.4 Å². The first kappa shape index (κ1) is 21.6. The Morgan fingerprint density at radius 2 is 2.07 bits per heavy atom. The summed E-state index contributed by atoms with van der Waals surface area (Å²) >= 11 is 3.39. The Morgan fingerprint density at radius 1 is 1.44 bits per heavy atom. The van der Waals surface area contributed by atoms with E-state index in [2.05, 4.69) is 47.8 Å². The van der Waals surface area contributed by atoms with Crippen LogP contribution in [0.1, 0.15) is 58.9 Å². The number of hydrogen-bond acceptors (Lipinski definition) is 3. The lowest BCUT2D eigenvalue weighted by atomic mass is 9.57. The molecule has 2 rings (SSSR count). The molecule has 1 aromatic carbocycles. The van der Waals surface area contributed by atoms with E-state index in [0.717, 1.165) is 0 Å². The summed E-state index contributed by atoms with van der Waals surface area (Å²) < 4.78 is 14.1. The summed E-state index contributed by atoms with van der Waals surface area (Å²) in [5.74, 6) is -2.68. The molecule has 0 radical (unpaired) electrons. The summed E-state index contributed by atoms with van der Waals surface area (Å²) in [6, 6.07) is 6.00. The van der Waals surface area contributed by atoms with Crippen LogP contribution in [0, 0.1) is 33.9 Å². The van der Waals surface area contributed by atoms with Gasteiger partial charge in [0.25, 0.3) is 0 Å². The van der Waals surface area contributed by atoms with Crippen LogP contribution >= 0.6 is 15.9 Å². The maximum absolute atomic E-state index is 13.7. The van der Waals surface area contributed by atoms with E-state index in [1.165, 1.54) is 12.1 Å². The van der Waals surface area contributed by atoms with Crippen molar-refractivity contribution in [2.45, 2.75) is 59.4 Å². The van der Waals surface area contributed by atoms with Crippen LogP contribution in [0.25, 0.3) is 0 Å². The van der Waals surface area contributed by atoms with E-state index in [-0.39, 0.29) is 5.41 Å². The van der Waals surface area contributed by atoms with Crippen molar-refractivity contribution in [3.8, 4) is 6.07 Å². The summed E-state index contributed by atoms with van der Waals surface area (Å²) in [4.78, 5) is 17.2. The largest absolute Gasteiger partial charge is 0.481 e. The maximum Gasteiger partial charge on any atom is 0.312 e. The standard InChI is InChI=1S/C21H26BrFN2O2/c1-12-16(11-24)18(15-7-6-14(23)10-17(15)22)21(19(26)27,13(2)25-12)9-8-20(3,4)5/h6-7,10,13,16,18H,8-9H2,1-5H3,(H,26,27). The molecule has 1 heterocycles. The lowest BCUT2D eigenvalue weighted by Gasteiger charge is -2.47. The average Bonchev–Trinajstić information content (AvgIpc) is 2.52. The molecule has 1 N–H and O–H groups in total. The molecular formula is C21H26BrFN2O2. The second-order valence-corrected chi connectivity index (χ2v) is 9.46. The van der Waals surface area contributed by atoms with Crippen molar-refractivity contribution in [2.24, 2.45) is 21.7 Å². The predicted molar refractivity (Wildman–Crippen MR) is 107 cm³/mol. The van der Waals surface area contributed by atoms with Crippen molar-refractivity contribution in [3.63, 3.8) is 0 Å². The fourth-order valence-corrected chi connectivity index (χ4v) is 4.64. The molecule has 0 amide bonds. The number of aliphatic carboxylic acids is 1. The van der Waals surface area contributed by atoms with Crippen LogP contribution in [0.15, 0.2) is 27.7 Å². The number of nitriles is 1. The van der Waals surface area contributed by atoms with E-state index in [9.17, 15) is 19.6 Å². The number of rotatable bonds is 4. The van der Waals surface area contributed by atoms with Crippen LogP contribution in [0.3, 0.4) is 0 Å². The van der Waals surface area contributed by atoms with E-state index in [1.807, 2.05) is 0 Å². The van der Waals surface area contributed by atoms with Crippen molar-refractivity contribution in [3.05, 3.63) is 34.1 Å². The Kier molecular flexibility index (Phi) is 6.16. The van der Waals surface area contributed by atoms with Crippen LogP contribution in [0.5, 0.6) is 0 Å². The van der Waals surface area contributed by atoms with Gasteiger partial charge in [0, 0.05) is 16.1 Å². The summed E-state index contributed by atoms with van der Waals surface area (Å²) in [6.45, 7) is 9.77. The van der Waals surface area contributed by atoms with Gasteiger partial charge in [-0.1, -0.05) is 42.8 Å². The van der Waals surface area contributed by atoms with Gasteiger partial charge in [-0.3, -0.25) is 9.79 Å². The van der Waals surface area contributed by atoms with Crippen molar-refractivity contribution >= 4 is 27.6 Å². The molecule has 27 heavy (non-hydrogen) atoms. The molecule has 0 saturated carbocycles. The Labute approximate surface area is 168 Å². The molecule has 0 spiro atoms. The Bertz CT molecular complexity index is 809. The molecular weight excluding hydrogens is 411 g/mol. The van der Waals surface area contributed by atoms with E-state index in [1.54, 1.807) is 19.9 Å². The van der Waals surface area contributed by atoms with Gasteiger partial charge in [-0.25, -0.2) is 4.39 Å². The molecule has 0 bridgehead atoms. The number of hydrogen-bond donors (Lipinski definition) is 1. The minimum atomic E-state index is -1.24. The molecule has 4 nitrogen and oxygen atoms in total. The average molecular weight is 437 g/mol. The SMILES string of the molecule is CC1=NC(C)C(CCC(C)(C)C)(C(=O)O)C(c2ccc(F)cc2Br)C1C#N. The molecule has 4 atom stereocenters. The minimum Gasteiger partial charge on any atom is -0.481 e. The summed E-state index contributed by atoms with van der Waals surface area (Å²) in [5, 5.41) is 20.2. The molecule has 4 unspecified atom stereocenters. The number of halogens is 2. The molecule has 6 heteroatoms. The van der Waals surface area contributed by atoms with Crippen LogP contribution in [0.2, 0.25) is 0 Å².